The fourth-order valence-corrected chi connectivity index (χ4v) is 2.36. The van der Waals surface area contributed by atoms with Gasteiger partial charge in [-0.1, -0.05) is 36.4 Å². The molecule has 0 unspecified atom stereocenters. The summed E-state index contributed by atoms with van der Waals surface area (Å²) in [6.45, 7) is 0.687. The van der Waals surface area contributed by atoms with Gasteiger partial charge in [0, 0.05) is 11.6 Å². The molecular formula is C17H16N2O2. The van der Waals surface area contributed by atoms with Crippen molar-refractivity contribution in [2.24, 2.45) is 5.73 Å². The van der Waals surface area contributed by atoms with Crippen molar-refractivity contribution in [3.63, 3.8) is 0 Å². The summed E-state index contributed by atoms with van der Waals surface area (Å²) in [6.07, 6.45) is 1.85. The molecule has 0 fully saturated rings. The summed E-state index contributed by atoms with van der Waals surface area (Å²) in [5, 5.41) is 0.981. The fourth-order valence-electron chi connectivity index (χ4n) is 2.36. The second-order valence-corrected chi connectivity index (χ2v) is 4.87. The molecule has 0 atom stereocenters. The third-order valence-corrected chi connectivity index (χ3v) is 3.34. The summed E-state index contributed by atoms with van der Waals surface area (Å²) in [4.78, 5) is 11.1. The number of amides is 1. The first kappa shape index (κ1) is 13.2. The van der Waals surface area contributed by atoms with Crippen LogP contribution in [0.25, 0.3) is 10.9 Å². The molecule has 1 amide bonds. The number of carbonyl (C=O) groups excluding carboxylic acids is 1. The lowest BCUT2D eigenvalue weighted by Crippen LogP contribution is -2.17. The average molecular weight is 280 g/mol. The zero-order valence-electron chi connectivity index (χ0n) is 11.5. The van der Waals surface area contributed by atoms with E-state index in [1.165, 1.54) is 0 Å². The van der Waals surface area contributed by atoms with E-state index in [4.69, 9.17) is 10.5 Å². The minimum atomic E-state index is -0.358. The first-order chi connectivity index (χ1) is 10.2. The van der Waals surface area contributed by atoms with Crippen LogP contribution in [0.4, 0.5) is 0 Å². The molecule has 4 heteroatoms. The van der Waals surface area contributed by atoms with Gasteiger partial charge in [-0.15, -0.1) is 0 Å². The van der Waals surface area contributed by atoms with Crippen molar-refractivity contribution >= 4 is 16.8 Å². The van der Waals surface area contributed by atoms with Gasteiger partial charge in [0.25, 0.3) is 0 Å². The lowest BCUT2D eigenvalue weighted by Gasteiger charge is -2.08. The van der Waals surface area contributed by atoms with E-state index in [1.807, 2.05) is 65.4 Å². The molecule has 0 aliphatic rings. The van der Waals surface area contributed by atoms with E-state index in [2.05, 4.69) is 0 Å². The van der Waals surface area contributed by atoms with Crippen LogP contribution in [0.2, 0.25) is 0 Å². The van der Waals surface area contributed by atoms with Crippen LogP contribution < -0.4 is 10.5 Å². The van der Waals surface area contributed by atoms with E-state index < -0.39 is 0 Å². The quantitative estimate of drug-likeness (QED) is 0.781. The summed E-state index contributed by atoms with van der Waals surface area (Å²) >= 11 is 0. The van der Waals surface area contributed by atoms with Crippen molar-refractivity contribution in [2.75, 3.05) is 0 Å². The molecule has 0 aliphatic heterocycles. The maximum absolute atomic E-state index is 11.1. The highest BCUT2D eigenvalue weighted by Crippen LogP contribution is 2.27. The smallest absolute Gasteiger partial charge is 0.237 e. The molecule has 3 rings (SSSR count). The van der Waals surface area contributed by atoms with Crippen LogP contribution in [0.1, 0.15) is 5.56 Å². The van der Waals surface area contributed by atoms with Crippen LogP contribution in [0.3, 0.4) is 0 Å². The zero-order valence-corrected chi connectivity index (χ0v) is 11.5. The lowest BCUT2D eigenvalue weighted by atomic mass is 10.2. The van der Waals surface area contributed by atoms with Crippen molar-refractivity contribution in [1.82, 2.24) is 4.57 Å². The summed E-state index contributed by atoms with van der Waals surface area (Å²) in [7, 11) is 0. The molecule has 0 bridgehead atoms. The number of nitrogens with zero attached hydrogens (tertiary/aromatic N) is 1. The highest BCUT2D eigenvalue weighted by Gasteiger charge is 2.08. The Kier molecular flexibility index (Phi) is 3.60. The number of ether oxygens (including phenoxy) is 1. The van der Waals surface area contributed by atoms with Crippen molar-refractivity contribution in [3.05, 3.63) is 66.4 Å². The molecule has 4 nitrogen and oxygen atoms in total. The lowest BCUT2D eigenvalue weighted by molar-refractivity contribution is -0.118. The summed E-state index contributed by atoms with van der Waals surface area (Å²) in [6, 6.07) is 17.8. The van der Waals surface area contributed by atoms with E-state index in [-0.39, 0.29) is 12.5 Å². The Bertz CT molecular complexity index is 763. The SMILES string of the molecule is NC(=O)Cn1ccc2c(OCc3ccccc3)cccc21. The molecule has 3 aromatic rings. The Morgan fingerprint density at radius 3 is 2.62 bits per heavy atom. The molecule has 0 saturated carbocycles. The Morgan fingerprint density at radius 2 is 1.86 bits per heavy atom. The predicted molar refractivity (Wildman–Crippen MR) is 81.9 cm³/mol. The third-order valence-electron chi connectivity index (χ3n) is 3.34. The predicted octanol–water partition coefficient (Wildman–Crippen LogP) is 2.71. The molecule has 106 valence electrons. The number of primary amides is 1. The third kappa shape index (κ3) is 2.89. The molecule has 1 aromatic heterocycles. The van der Waals surface area contributed by atoms with Crippen LogP contribution in [0.15, 0.2) is 60.8 Å². The summed E-state index contributed by atoms with van der Waals surface area (Å²) in [5.41, 5.74) is 7.32. The normalized spacial score (nSPS) is 10.7. The minimum Gasteiger partial charge on any atom is -0.488 e. The van der Waals surface area contributed by atoms with Gasteiger partial charge >= 0.3 is 0 Å². The second kappa shape index (κ2) is 5.71. The number of nitrogens with two attached hydrogens (primary N) is 1. The van der Waals surface area contributed by atoms with Crippen LogP contribution >= 0.6 is 0 Å². The van der Waals surface area contributed by atoms with Gasteiger partial charge in [0.2, 0.25) is 5.91 Å². The van der Waals surface area contributed by atoms with E-state index >= 15 is 0 Å². The van der Waals surface area contributed by atoms with Gasteiger partial charge < -0.3 is 15.0 Å². The van der Waals surface area contributed by atoms with E-state index in [0.717, 1.165) is 22.2 Å². The first-order valence-corrected chi connectivity index (χ1v) is 6.77. The first-order valence-electron chi connectivity index (χ1n) is 6.77. The van der Waals surface area contributed by atoms with Crippen molar-refractivity contribution in [1.29, 1.82) is 0 Å². The van der Waals surface area contributed by atoms with E-state index in [1.54, 1.807) is 0 Å². The van der Waals surface area contributed by atoms with Gasteiger partial charge in [0.05, 0.1) is 5.52 Å². The highest BCUT2D eigenvalue weighted by atomic mass is 16.5. The Hall–Kier alpha value is -2.75. The Morgan fingerprint density at radius 1 is 1.05 bits per heavy atom. The van der Waals surface area contributed by atoms with Crippen LogP contribution in [-0.4, -0.2) is 10.5 Å². The summed E-state index contributed by atoms with van der Waals surface area (Å²) in [5.74, 6) is 0.447. The number of rotatable bonds is 5. The minimum absolute atomic E-state index is 0.172. The molecule has 2 N–H and O–H groups in total. The van der Waals surface area contributed by atoms with E-state index in [0.29, 0.717) is 6.61 Å². The Balaban J connectivity index is 1.86. The highest BCUT2D eigenvalue weighted by molar-refractivity contribution is 5.87. The van der Waals surface area contributed by atoms with Crippen molar-refractivity contribution < 1.29 is 9.53 Å². The molecule has 0 spiro atoms. The van der Waals surface area contributed by atoms with Gasteiger partial charge in [-0.3, -0.25) is 4.79 Å². The zero-order chi connectivity index (χ0) is 14.7. The largest absolute Gasteiger partial charge is 0.488 e. The van der Waals surface area contributed by atoms with Gasteiger partial charge in [-0.2, -0.15) is 0 Å². The van der Waals surface area contributed by atoms with Crippen LogP contribution in [0, 0.1) is 0 Å². The van der Waals surface area contributed by atoms with Crippen molar-refractivity contribution in [3.8, 4) is 5.75 Å². The molecule has 0 saturated heterocycles. The maximum Gasteiger partial charge on any atom is 0.237 e. The topological polar surface area (TPSA) is 57.2 Å². The average Bonchev–Trinajstić information content (AvgIpc) is 2.89. The number of aromatic nitrogens is 1. The molecule has 2 aromatic carbocycles. The van der Waals surface area contributed by atoms with Gasteiger partial charge in [0.15, 0.2) is 0 Å². The number of benzene rings is 2. The molecule has 1 heterocycles. The van der Waals surface area contributed by atoms with Crippen LogP contribution in [0.5, 0.6) is 5.75 Å². The number of hydrogen-bond donors (Lipinski definition) is 1. The van der Waals surface area contributed by atoms with Gasteiger partial charge in [-0.05, 0) is 23.8 Å². The molecule has 21 heavy (non-hydrogen) atoms. The fraction of sp³-hybridized carbons (Fsp3) is 0.118. The van der Waals surface area contributed by atoms with E-state index in [9.17, 15) is 4.79 Å². The monoisotopic (exact) mass is 280 g/mol. The Labute approximate surface area is 122 Å². The number of fused-ring (bicyclic) bond motifs is 1. The maximum atomic E-state index is 11.1. The molecule has 0 aliphatic carbocycles. The standard InChI is InChI=1S/C17H16N2O2/c18-17(20)11-19-10-9-14-15(19)7-4-8-16(14)21-12-13-5-2-1-3-6-13/h1-10H,11-12H2,(H2,18,20). The number of carbonyl (C=O) groups is 1. The van der Waals surface area contributed by atoms with Crippen molar-refractivity contribution in [2.45, 2.75) is 13.2 Å². The molecular weight excluding hydrogens is 264 g/mol. The van der Waals surface area contributed by atoms with Gasteiger partial charge in [-0.25, -0.2) is 0 Å². The molecule has 0 radical (unpaired) electrons. The summed E-state index contributed by atoms with van der Waals surface area (Å²) < 4.78 is 7.72. The second-order valence-electron chi connectivity index (χ2n) is 4.87. The van der Waals surface area contributed by atoms with Crippen LogP contribution in [-0.2, 0) is 17.9 Å². The van der Waals surface area contributed by atoms with Gasteiger partial charge in [0.1, 0.15) is 18.9 Å². The number of hydrogen-bond acceptors (Lipinski definition) is 2.